The van der Waals surface area contributed by atoms with Gasteiger partial charge in [0, 0.05) is 43.8 Å². The van der Waals surface area contributed by atoms with Gasteiger partial charge in [0.2, 0.25) is 0 Å². The summed E-state index contributed by atoms with van der Waals surface area (Å²) in [6, 6.07) is 108. The Morgan fingerprint density at radius 1 is 0.174 bits per heavy atom. The maximum atomic E-state index is 5.21. The van der Waals surface area contributed by atoms with Gasteiger partial charge in [-0.05, 0) is 129 Å². The van der Waals surface area contributed by atoms with E-state index in [4.69, 9.17) is 19.9 Å². The number of rotatable bonds is 6. The first-order valence-electron chi connectivity index (χ1n) is 29.4. The van der Waals surface area contributed by atoms with E-state index in [0.29, 0.717) is 0 Å². The predicted molar refractivity (Wildman–Crippen MR) is 361 cm³/mol. The van der Waals surface area contributed by atoms with Crippen LogP contribution in [0.1, 0.15) is 0 Å². The van der Waals surface area contributed by atoms with Crippen LogP contribution in [0.4, 0.5) is 0 Å². The summed E-state index contributed by atoms with van der Waals surface area (Å²) in [6.07, 6.45) is 0. The summed E-state index contributed by atoms with van der Waals surface area (Å²) in [4.78, 5) is 20.6. The lowest BCUT2D eigenvalue weighted by molar-refractivity contribution is 1.23. The molecule has 0 aliphatic heterocycles. The Balaban J connectivity index is 0.000000135. The molecule has 18 rings (SSSR count). The molecule has 0 unspecified atom stereocenters. The molecule has 398 valence electrons. The molecule has 0 saturated carbocycles. The normalized spacial score (nSPS) is 11.7. The Bertz CT molecular complexity index is 5500. The highest BCUT2D eigenvalue weighted by Crippen LogP contribution is 2.50. The number of fused-ring (bicyclic) bond motifs is 15. The van der Waals surface area contributed by atoms with Gasteiger partial charge in [0.15, 0.2) is 11.6 Å². The quantitative estimate of drug-likeness (QED) is 0.156. The summed E-state index contributed by atoms with van der Waals surface area (Å²) in [5.41, 5.74) is 18.1. The molecule has 1 aliphatic rings. The Morgan fingerprint density at radius 3 is 1.05 bits per heavy atom. The average molecular weight is 1090 g/mol. The minimum Gasteiger partial charge on any atom is -0.227 e. The van der Waals surface area contributed by atoms with E-state index in [1.165, 1.54) is 93.0 Å². The lowest BCUT2D eigenvalue weighted by atomic mass is 9.91. The summed E-state index contributed by atoms with van der Waals surface area (Å²) in [6.45, 7) is 0. The van der Waals surface area contributed by atoms with Crippen molar-refractivity contribution in [3.63, 3.8) is 0 Å². The number of nitrogens with zero attached hydrogens (tertiary/aromatic N) is 4. The molecule has 17 aromatic rings. The molecule has 4 nitrogen and oxygen atoms in total. The van der Waals surface area contributed by atoms with Crippen LogP contribution in [0.2, 0.25) is 0 Å². The van der Waals surface area contributed by atoms with Gasteiger partial charge in [0.25, 0.3) is 0 Å². The monoisotopic (exact) mass is 1090 g/mol. The van der Waals surface area contributed by atoms with Crippen LogP contribution in [0.15, 0.2) is 303 Å². The number of benzene rings is 15. The fourth-order valence-electron chi connectivity index (χ4n) is 13.4. The highest BCUT2D eigenvalue weighted by atomic mass is 14.9. The first-order valence-corrected chi connectivity index (χ1v) is 29.4. The van der Waals surface area contributed by atoms with Crippen molar-refractivity contribution in [3.05, 3.63) is 303 Å². The predicted octanol–water partition coefficient (Wildman–Crippen LogP) is 21.8. The van der Waals surface area contributed by atoms with Crippen LogP contribution in [-0.4, -0.2) is 19.9 Å². The number of aromatic nitrogens is 4. The topological polar surface area (TPSA) is 51.6 Å². The van der Waals surface area contributed by atoms with Crippen molar-refractivity contribution in [3.8, 4) is 89.8 Å². The van der Waals surface area contributed by atoms with Crippen molar-refractivity contribution < 1.29 is 0 Å². The maximum absolute atomic E-state index is 5.21. The zero-order valence-electron chi connectivity index (χ0n) is 46.7. The fraction of sp³-hybridized carbons (Fsp3) is 0. The third-order valence-corrected chi connectivity index (χ3v) is 17.5. The number of hydrogen-bond acceptors (Lipinski definition) is 4. The van der Waals surface area contributed by atoms with Crippen LogP contribution in [0.3, 0.4) is 0 Å². The fourth-order valence-corrected chi connectivity index (χ4v) is 13.4. The first kappa shape index (κ1) is 49.2. The van der Waals surface area contributed by atoms with Crippen molar-refractivity contribution in [2.75, 3.05) is 0 Å². The van der Waals surface area contributed by atoms with Gasteiger partial charge in [0.05, 0.1) is 22.4 Å². The van der Waals surface area contributed by atoms with Crippen LogP contribution >= 0.6 is 0 Å². The smallest absolute Gasteiger partial charge is 0.160 e. The minimum absolute atomic E-state index is 0.735. The third kappa shape index (κ3) is 8.14. The van der Waals surface area contributed by atoms with E-state index in [2.05, 4.69) is 255 Å². The van der Waals surface area contributed by atoms with Gasteiger partial charge >= 0.3 is 0 Å². The Labute approximate surface area is 496 Å². The molecule has 86 heavy (non-hydrogen) atoms. The molecule has 0 atom stereocenters. The van der Waals surface area contributed by atoms with Gasteiger partial charge < -0.3 is 0 Å². The van der Waals surface area contributed by atoms with E-state index < -0.39 is 0 Å². The van der Waals surface area contributed by atoms with E-state index in [0.717, 1.165) is 83.3 Å². The molecule has 15 aromatic carbocycles. The van der Waals surface area contributed by atoms with Crippen LogP contribution < -0.4 is 0 Å². The lowest BCUT2D eigenvalue weighted by Gasteiger charge is -2.14. The first-order chi connectivity index (χ1) is 42.6. The van der Waals surface area contributed by atoms with Crippen LogP contribution in [0, 0.1) is 0 Å². The summed E-state index contributed by atoms with van der Waals surface area (Å²) in [5.74, 6) is 1.47. The molecule has 0 N–H and O–H groups in total. The Hall–Kier alpha value is -11.5. The van der Waals surface area contributed by atoms with E-state index in [1.54, 1.807) is 0 Å². The molecule has 0 fully saturated rings. The largest absolute Gasteiger partial charge is 0.227 e. The summed E-state index contributed by atoms with van der Waals surface area (Å²) < 4.78 is 0. The molecule has 2 aromatic heterocycles. The zero-order valence-corrected chi connectivity index (χ0v) is 46.7. The third-order valence-electron chi connectivity index (χ3n) is 17.5. The van der Waals surface area contributed by atoms with Gasteiger partial charge in [-0.1, -0.05) is 273 Å². The van der Waals surface area contributed by atoms with Gasteiger partial charge in [-0.25, -0.2) is 19.9 Å². The van der Waals surface area contributed by atoms with Crippen LogP contribution in [-0.2, 0) is 0 Å². The minimum atomic E-state index is 0.735. The molecule has 0 radical (unpaired) electrons. The maximum Gasteiger partial charge on any atom is 0.160 e. The van der Waals surface area contributed by atoms with E-state index >= 15 is 0 Å². The molecule has 0 saturated heterocycles. The van der Waals surface area contributed by atoms with Gasteiger partial charge in [-0.15, -0.1) is 0 Å². The van der Waals surface area contributed by atoms with Gasteiger partial charge in [-0.2, -0.15) is 0 Å². The molecule has 0 bridgehead atoms. The molecule has 0 spiro atoms. The van der Waals surface area contributed by atoms with Crippen molar-refractivity contribution in [2.45, 2.75) is 0 Å². The average Bonchev–Trinajstić information content (AvgIpc) is 1.92. The summed E-state index contributed by atoms with van der Waals surface area (Å²) in [7, 11) is 0. The van der Waals surface area contributed by atoms with E-state index in [-0.39, 0.29) is 0 Å². The second kappa shape index (κ2) is 20.2. The molecule has 1 aliphatic carbocycles. The van der Waals surface area contributed by atoms with Crippen LogP contribution in [0.25, 0.3) is 176 Å². The Morgan fingerprint density at radius 2 is 0.523 bits per heavy atom. The molecule has 4 heteroatoms. The summed E-state index contributed by atoms with van der Waals surface area (Å²) >= 11 is 0. The molecule has 0 amide bonds. The van der Waals surface area contributed by atoms with Crippen molar-refractivity contribution in [1.82, 2.24) is 19.9 Å². The van der Waals surface area contributed by atoms with E-state index in [9.17, 15) is 0 Å². The second-order valence-electron chi connectivity index (χ2n) is 22.3. The molecular weight excluding hydrogens is 1040 g/mol. The standard InChI is InChI=1S/C42H26N2.C40H24N2/c1-3-11-28(12-4-1)40-37-24-21-27-19-20-30(25-38(27)41(37)44-42(43-40)29-13-5-2-6-14-29)31-22-23-36-34-17-8-7-15-32(34)33-16-9-10-18-35(33)39(36)26-31;1-3-10-26(11-4-1)38-35-21-20-25-18-19-28(24-36(25)39(35)42-40(41-38)27-12-5-2-6-13-27)29-22-23-34-31-15-8-7-14-30(31)33-17-9-16-32(29)37(33)34/h1-26H;1-24H. The van der Waals surface area contributed by atoms with E-state index in [1.807, 2.05) is 48.5 Å². The Kier molecular flexibility index (Phi) is 11.5. The SMILES string of the molecule is c1ccc(-c2nc(-c3ccccc3)c3ccc4ccc(-c5ccc6c7c(cccc57)-c5ccccc5-6)cc4c3n2)cc1.c1ccc(-c2nc(-c3ccccc3)c3ccc4ccc(-c5ccc6c7ccccc7c7ccccc7c6c5)cc4c3n2)cc1. The van der Waals surface area contributed by atoms with Gasteiger partial charge in [0.1, 0.15) is 0 Å². The number of hydrogen-bond donors (Lipinski definition) is 0. The van der Waals surface area contributed by atoms with Crippen molar-refractivity contribution in [2.24, 2.45) is 0 Å². The van der Waals surface area contributed by atoms with Crippen molar-refractivity contribution in [1.29, 1.82) is 0 Å². The highest BCUT2D eigenvalue weighted by molar-refractivity contribution is 6.26. The van der Waals surface area contributed by atoms with Gasteiger partial charge in [-0.3, -0.25) is 0 Å². The van der Waals surface area contributed by atoms with Crippen molar-refractivity contribution >= 4 is 86.4 Å². The van der Waals surface area contributed by atoms with Crippen LogP contribution in [0.5, 0.6) is 0 Å². The highest BCUT2D eigenvalue weighted by Gasteiger charge is 2.23. The zero-order chi connectivity index (χ0) is 56.7. The molecule has 2 heterocycles. The summed E-state index contributed by atoms with van der Waals surface area (Å²) in [5, 5.41) is 17.0. The molecular formula is C82H50N4. The lowest BCUT2D eigenvalue weighted by Crippen LogP contribution is -1.96. The second-order valence-corrected chi connectivity index (χ2v) is 22.3.